The fourth-order valence-corrected chi connectivity index (χ4v) is 10.0. The van der Waals surface area contributed by atoms with Gasteiger partial charge in [0.05, 0.1) is 5.69 Å². The van der Waals surface area contributed by atoms with Crippen molar-refractivity contribution in [3.05, 3.63) is 87.9 Å². The maximum atomic E-state index is 14.5. The Labute approximate surface area is 333 Å². The molecule has 0 radical (unpaired) electrons. The maximum Gasteiger partial charge on any atom is 0.426 e. The van der Waals surface area contributed by atoms with Crippen LogP contribution in [0.1, 0.15) is 54.7 Å². The van der Waals surface area contributed by atoms with Gasteiger partial charge in [-0.15, -0.1) is 33.3 Å². The summed E-state index contributed by atoms with van der Waals surface area (Å²) in [5.74, 6) is -1.07. The molecule has 2 aliphatic heterocycles. The molecule has 2 saturated heterocycles. The van der Waals surface area contributed by atoms with Crippen LogP contribution in [0.2, 0.25) is 0 Å². The summed E-state index contributed by atoms with van der Waals surface area (Å²) in [5.41, 5.74) is 9.85. The largest absolute Gasteiger partial charge is 0.452 e. The van der Waals surface area contributed by atoms with Gasteiger partial charge < -0.3 is 30.7 Å². The molecule has 0 aliphatic carbocycles. The number of nitrogen functional groups attached to an aromatic ring is 1. The number of benzene rings is 2. The van der Waals surface area contributed by atoms with E-state index in [4.69, 9.17) is 15.2 Å². The Morgan fingerprint density at radius 1 is 1.04 bits per heavy atom. The van der Waals surface area contributed by atoms with Crippen molar-refractivity contribution in [2.24, 2.45) is 5.41 Å². The molecule has 4 aromatic rings. The third-order valence-corrected chi connectivity index (χ3v) is 12.9. The number of hydrazine groups is 1. The molecule has 6 rings (SSSR count). The quantitative estimate of drug-likeness (QED) is 0.0621. The van der Waals surface area contributed by atoms with Crippen LogP contribution in [0, 0.1) is 12.3 Å². The molecule has 0 saturated carbocycles. The number of fused-ring (bicyclic) bond motifs is 1. The van der Waals surface area contributed by atoms with Crippen LogP contribution in [0.4, 0.5) is 14.7 Å². The summed E-state index contributed by atoms with van der Waals surface area (Å²) >= 11 is 5.20. The van der Waals surface area contributed by atoms with E-state index in [0.717, 1.165) is 27.5 Å². The SMILES string of the molecule is Cc1nnc(SCC2(C(=O)OC(c3ccccc3)c3ccccc3)CS[C@@H]3C(NC(=O)C(NC(=O)NNC(=O)OC(C)(C)C)c4csc(N)n4)C(=O)N3C2)s1. The average Bonchev–Trinajstić information content (AvgIpc) is 3.80. The zero-order valence-electron chi connectivity index (χ0n) is 30.1. The van der Waals surface area contributed by atoms with Crippen LogP contribution in [0.15, 0.2) is 70.4 Å². The van der Waals surface area contributed by atoms with E-state index in [1.54, 1.807) is 25.7 Å². The lowest BCUT2D eigenvalue weighted by Crippen LogP contribution is -2.74. The lowest BCUT2D eigenvalue weighted by Gasteiger charge is -2.54. The molecule has 0 bridgehead atoms. The number of nitrogens with zero attached hydrogens (tertiary/aromatic N) is 4. The first-order valence-corrected chi connectivity index (χ1v) is 20.7. The third-order valence-electron chi connectivity index (χ3n) is 8.33. The van der Waals surface area contributed by atoms with Crippen LogP contribution in [0.25, 0.3) is 0 Å². The van der Waals surface area contributed by atoms with Gasteiger partial charge in [-0.05, 0) is 38.8 Å². The molecule has 2 aliphatic rings. The number of hydrogen-bond acceptors (Lipinski definition) is 15. The topological polar surface area (TPSA) is 220 Å². The molecule has 20 heteroatoms. The van der Waals surface area contributed by atoms with Crippen molar-refractivity contribution < 1.29 is 33.4 Å². The van der Waals surface area contributed by atoms with Gasteiger partial charge in [-0.25, -0.2) is 25.4 Å². The van der Waals surface area contributed by atoms with Crippen molar-refractivity contribution in [1.29, 1.82) is 0 Å². The van der Waals surface area contributed by atoms with Gasteiger partial charge in [0.25, 0.3) is 0 Å². The van der Waals surface area contributed by atoms with Crippen molar-refractivity contribution in [1.82, 2.24) is 41.6 Å². The minimum atomic E-state index is -1.38. The predicted octanol–water partition coefficient (Wildman–Crippen LogP) is 4.18. The van der Waals surface area contributed by atoms with E-state index < -0.39 is 64.5 Å². The van der Waals surface area contributed by atoms with Gasteiger partial charge >= 0.3 is 18.1 Å². The molecule has 2 aromatic carbocycles. The molecule has 5 amide bonds. The summed E-state index contributed by atoms with van der Waals surface area (Å²) in [6.45, 7) is 6.87. The number of urea groups is 1. The average molecular weight is 826 g/mol. The summed E-state index contributed by atoms with van der Waals surface area (Å²) in [5, 5.41) is 15.5. The van der Waals surface area contributed by atoms with Crippen LogP contribution in [0.5, 0.6) is 0 Å². The third kappa shape index (κ3) is 9.67. The fourth-order valence-electron chi connectivity index (χ4n) is 5.77. The zero-order chi connectivity index (χ0) is 39.3. The number of thiazole rings is 1. The van der Waals surface area contributed by atoms with Crippen molar-refractivity contribution in [3.63, 3.8) is 0 Å². The molecule has 4 heterocycles. The number of hydrogen-bond donors (Lipinski definition) is 5. The lowest BCUT2D eigenvalue weighted by atomic mass is 9.88. The molecule has 3 unspecified atom stereocenters. The number of anilines is 1. The number of ether oxygens (including phenoxy) is 2. The van der Waals surface area contributed by atoms with Gasteiger partial charge in [0.1, 0.15) is 27.4 Å². The smallest absolute Gasteiger partial charge is 0.426 e. The number of aromatic nitrogens is 3. The predicted molar refractivity (Wildman–Crippen MR) is 209 cm³/mol. The first-order valence-electron chi connectivity index (χ1n) is 16.9. The summed E-state index contributed by atoms with van der Waals surface area (Å²) in [6.07, 6.45) is -1.61. The summed E-state index contributed by atoms with van der Waals surface area (Å²) in [6, 6.07) is 15.6. The molecule has 2 aromatic heterocycles. The van der Waals surface area contributed by atoms with Crippen LogP contribution < -0.4 is 27.2 Å². The van der Waals surface area contributed by atoms with E-state index in [1.807, 2.05) is 67.6 Å². The Morgan fingerprint density at radius 3 is 2.29 bits per heavy atom. The van der Waals surface area contributed by atoms with Gasteiger partial charge in [-0.1, -0.05) is 83.8 Å². The Bertz CT molecular complexity index is 1990. The Balaban J connectivity index is 1.17. The molecule has 16 nitrogen and oxygen atoms in total. The highest BCUT2D eigenvalue weighted by atomic mass is 32.2. The Morgan fingerprint density at radius 2 is 1.71 bits per heavy atom. The number of aryl methyl sites for hydroxylation is 1. The Hall–Kier alpha value is -4.92. The maximum absolute atomic E-state index is 14.5. The highest BCUT2D eigenvalue weighted by Crippen LogP contribution is 2.46. The minimum absolute atomic E-state index is 0.0405. The van der Waals surface area contributed by atoms with Crippen molar-refractivity contribution >= 4 is 81.2 Å². The van der Waals surface area contributed by atoms with E-state index in [-0.39, 0.29) is 28.9 Å². The highest BCUT2D eigenvalue weighted by Gasteiger charge is 2.58. The number of carbonyl (C=O) groups excluding carboxylic acids is 5. The van der Waals surface area contributed by atoms with E-state index in [1.165, 1.54) is 40.2 Å². The lowest BCUT2D eigenvalue weighted by molar-refractivity contribution is -0.164. The van der Waals surface area contributed by atoms with Crippen LogP contribution >= 0.6 is 46.2 Å². The standard InChI is InChI=1S/C35H39N9O7S4/c1-19-40-43-33(55-19)54-18-35(29(47)50-25(20-11-7-5-8-12-20)21-13-9-6-10-14-21)16-44-27(46)24(28(44)53-17-35)38-26(45)23(22-15-52-30(36)37-22)39-31(48)41-42-32(49)51-34(2,3)4/h5-15,23-25,28H,16-18H2,1-4H3,(H2,36,37)(H,38,45)(H,42,49)(H2,39,41,48)/t23?,24?,28-,35?/m1/s1. The summed E-state index contributed by atoms with van der Waals surface area (Å²) < 4.78 is 12.2. The van der Waals surface area contributed by atoms with E-state index in [9.17, 15) is 24.0 Å². The van der Waals surface area contributed by atoms with Gasteiger partial charge in [-0.3, -0.25) is 14.4 Å². The number of amides is 5. The number of rotatable bonds is 11. The number of esters is 1. The monoisotopic (exact) mass is 825 g/mol. The molecular formula is C35H39N9O7S4. The van der Waals surface area contributed by atoms with Gasteiger partial charge in [0.15, 0.2) is 21.6 Å². The molecule has 55 heavy (non-hydrogen) atoms. The molecule has 2 fully saturated rings. The van der Waals surface area contributed by atoms with Gasteiger partial charge in [0.2, 0.25) is 11.8 Å². The molecular weight excluding hydrogens is 787 g/mol. The number of nitrogens with two attached hydrogens (primary N) is 1. The highest BCUT2D eigenvalue weighted by molar-refractivity contribution is 8.01. The molecule has 290 valence electrons. The summed E-state index contributed by atoms with van der Waals surface area (Å²) in [7, 11) is 0. The number of nitrogens with one attached hydrogen (secondary N) is 4. The van der Waals surface area contributed by atoms with Crippen molar-refractivity contribution in [3.8, 4) is 0 Å². The number of thioether (sulfide) groups is 2. The molecule has 0 spiro atoms. The zero-order valence-corrected chi connectivity index (χ0v) is 33.4. The van der Waals surface area contributed by atoms with Gasteiger partial charge in [0, 0.05) is 23.4 Å². The van der Waals surface area contributed by atoms with Crippen molar-refractivity contribution in [2.75, 3.05) is 23.8 Å². The van der Waals surface area contributed by atoms with E-state index in [2.05, 4.69) is 36.7 Å². The Kier molecular flexibility index (Phi) is 12.2. The van der Waals surface area contributed by atoms with Crippen LogP contribution in [-0.2, 0) is 23.9 Å². The second-order valence-electron chi connectivity index (χ2n) is 13.7. The molecule has 4 atom stereocenters. The van der Waals surface area contributed by atoms with Gasteiger partial charge in [-0.2, -0.15) is 0 Å². The van der Waals surface area contributed by atoms with Crippen LogP contribution in [-0.4, -0.2) is 85.1 Å². The van der Waals surface area contributed by atoms with Crippen LogP contribution in [0.3, 0.4) is 0 Å². The van der Waals surface area contributed by atoms with E-state index >= 15 is 0 Å². The molecule has 6 N–H and O–H groups in total. The first-order chi connectivity index (χ1) is 26.2. The number of β-lactam (4-membered cyclic amide) rings is 1. The summed E-state index contributed by atoms with van der Waals surface area (Å²) in [4.78, 5) is 72.5. The first kappa shape index (κ1) is 39.8. The number of carbonyl (C=O) groups is 5. The van der Waals surface area contributed by atoms with E-state index in [0.29, 0.717) is 4.34 Å². The van der Waals surface area contributed by atoms with Crippen molar-refractivity contribution in [2.45, 2.75) is 61.2 Å². The second kappa shape index (κ2) is 16.8. The normalized spacial score (nSPS) is 19.7. The second-order valence-corrected chi connectivity index (χ2v) is 18.1. The fraction of sp³-hybridized carbons (Fsp3) is 0.371. The minimum Gasteiger partial charge on any atom is -0.452 e.